The Labute approximate surface area is 89.9 Å². The highest BCUT2D eigenvalue weighted by Crippen LogP contribution is 2.22. The summed E-state index contributed by atoms with van der Waals surface area (Å²) < 4.78 is 0. The Balaban J connectivity index is 2.03. The maximum Gasteiger partial charge on any atom is 0.254 e. The van der Waals surface area contributed by atoms with Crippen molar-refractivity contribution in [1.29, 1.82) is 0 Å². The van der Waals surface area contributed by atoms with Crippen molar-refractivity contribution in [2.75, 3.05) is 13.1 Å². The van der Waals surface area contributed by atoms with E-state index in [2.05, 4.69) is 0 Å². The zero-order valence-corrected chi connectivity index (χ0v) is 8.73. The number of rotatable bonds is 3. The van der Waals surface area contributed by atoms with E-state index in [-0.39, 0.29) is 5.91 Å². The molecule has 3 heteroatoms. The van der Waals surface area contributed by atoms with Crippen LogP contribution in [0.15, 0.2) is 30.3 Å². The number of carbonyl (C=O) groups is 1. The highest BCUT2D eigenvalue weighted by molar-refractivity contribution is 5.94. The van der Waals surface area contributed by atoms with Crippen molar-refractivity contribution >= 4 is 5.91 Å². The Hall–Kier alpha value is -1.35. The van der Waals surface area contributed by atoms with Gasteiger partial charge in [-0.05, 0) is 31.5 Å². The van der Waals surface area contributed by atoms with E-state index in [4.69, 9.17) is 5.73 Å². The van der Waals surface area contributed by atoms with Crippen molar-refractivity contribution in [2.45, 2.75) is 18.9 Å². The molecular weight excluding hydrogens is 188 g/mol. The number of likely N-dealkylation sites (tertiary alicyclic amines) is 1. The van der Waals surface area contributed by atoms with Gasteiger partial charge in [0.25, 0.3) is 5.91 Å². The largest absolute Gasteiger partial charge is 0.335 e. The molecule has 1 fully saturated rings. The number of benzene rings is 1. The molecule has 80 valence electrons. The summed E-state index contributed by atoms with van der Waals surface area (Å²) in [5.41, 5.74) is 6.28. The topological polar surface area (TPSA) is 46.3 Å². The van der Waals surface area contributed by atoms with Gasteiger partial charge in [-0.15, -0.1) is 0 Å². The fourth-order valence-corrected chi connectivity index (χ4v) is 1.95. The molecule has 15 heavy (non-hydrogen) atoms. The molecule has 0 bridgehead atoms. The summed E-state index contributed by atoms with van der Waals surface area (Å²) in [6, 6.07) is 9.79. The summed E-state index contributed by atoms with van der Waals surface area (Å²) in [7, 11) is 0. The fourth-order valence-electron chi connectivity index (χ4n) is 1.95. The van der Waals surface area contributed by atoms with Crippen LogP contribution in [-0.2, 0) is 0 Å². The van der Waals surface area contributed by atoms with Gasteiger partial charge in [-0.25, -0.2) is 0 Å². The van der Waals surface area contributed by atoms with Crippen molar-refractivity contribution in [1.82, 2.24) is 4.90 Å². The van der Waals surface area contributed by atoms with E-state index in [1.165, 1.54) is 0 Å². The lowest BCUT2D eigenvalue weighted by Crippen LogP contribution is -2.51. The first-order chi connectivity index (χ1) is 7.33. The monoisotopic (exact) mass is 204 g/mol. The van der Waals surface area contributed by atoms with E-state index >= 15 is 0 Å². The Morgan fingerprint density at radius 1 is 1.40 bits per heavy atom. The molecule has 0 saturated carbocycles. The molecule has 2 N–H and O–H groups in total. The van der Waals surface area contributed by atoms with E-state index in [0.29, 0.717) is 12.6 Å². The fraction of sp³-hybridized carbons (Fsp3) is 0.417. The van der Waals surface area contributed by atoms with Gasteiger partial charge in [0, 0.05) is 18.2 Å². The average molecular weight is 204 g/mol. The first-order valence-corrected chi connectivity index (χ1v) is 5.39. The predicted molar refractivity (Wildman–Crippen MR) is 59.6 cm³/mol. The molecule has 0 radical (unpaired) electrons. The molecule has 1 aliphatic heterocycles. The summed E-state index contributed by atoms with van der Waals surface area (Å²) in [5, 5.41) is 0. The number of nitrogens with two attached hydrogens (primary N) is 1. The Morgan fingerprint density at radius 2 is 2.13 bits per heavy atom. The van der Waals surface area contributed by atoms with Crippen LogP contribution in [0.25, 0.3) is 0 Å². The highest BCUT2D eigenvalue weighted by atomic mass is 16.2. The zero-order valence-electron chi connectivity index (χ0n) is 8.73. The second-order valence-corrected chi connectivity index (χ2v) is 3.88. The lowest BCUT2D eigenvalue weighted by atomic mass is 9.98. The smallest absolute Gasteiger partial charge is 0.254 e. The van der Waals surface area contributed by atoms with Crippen molar-refractivity contribution in [3.8, 4) is 0 Å². The van der Waals surface area contributed by atoms with Gasteiger partial charge in [0.05, 0.1) is 0 Å². The second kappa shape index (κ2) is 4.45. The molecule has 2 rings (SSSR count). The van der Waals surface area contributed by atoms with Crippen LogP contribution in [0, 0.1) is 0 Å². The van der Waals surface area contributed by atoms with Gasteiger partial charge in [0.2, 0.25) is 0 Å². The van der Waals surface area contributed by atoms with Crippen molar-refractivity contribution in [2.24, 2.45) is 5.73 Å². The van der Waals surface area contributed by atoms with Gasteiger partial charge >= 0.3 is 0 Å². The van der Waals surface area contributed by atoms with Crippen LogP contribution in [0.2, 0.25) is 0 Å². The van der Waals surface area contributed by atoms with Crippen LogP contribution < -0.4 is 5.73 Å². The quantitative estimate of drug-likeness (QED) is 0.805. The summed E-state index contributed by atoms with van der Waals surface area (Å²) in [5.74, 6) is 0.139. The normalized spacial score (nSPS) is 19.8. The molecule has 3 nitrogen and oxygen atoms in total. The van der Waals surface area contributed by atoms with E-state index in [0.717, 1.165) is 24.9 Å². The van der Waals surface area contributed by atoms with Gasteiger partial charge in [-0.2, -0.15) is 0 Å². The molecule has 1 amide bonds. The highest BCUT2D eigenvalue weighted by Gasteiger charge is 2.31. The molecule has 1 aromatic rings. The molecule has 0 aromatic heterocycles. The van der Waals surface area contributed by atoms with Gasteiger partial charge in [-0.1, -0.05) is 18.2 Å². The lowest BCUT2D eigenvalue weighted by Gasteiger charge is -2.41. The molecule has 1 heterocycles. The number of carbonyl (C=O) groups excluding carboxylic acids is 1. The minimum atomic E-state index is 0.139. The molecule has 1 saturated heterocycles. The number of hydrogen-bond donors (Lipinski definition) is 1. The molecule has 1 unspecified atom stereocenters. The first-order valence-electron chi connectivity index (χ1n) is 5.39. The Bertz CT molecular complexity index is 337. The number of amides is 1. The third kappa shape index (κ3) is 2.02. The van der Waals surface area contributed by atoms with Crippen LogP contribution in [0.1, 0.15) is 23.2 Å². The van der Waals surface area contributed by atoms with Crippen molar-refractivity contribution in [3.05, 3.63) is 35.9 Å². The molecule has 1 aliphatic rings. The minimum absolute atomic E-state index is 0.139. The Kier molecular flexibility index (Phi) is 3.02. The summed E-state index contributed by atoms with van der Waals surface area (Å²) in [6.07, 6.45) is 2.01. The number of hydrogen-bond acceptors (Lipinski definition) is 2. The zero-order chi connectivity index (χ0) is 10.7. The maximum absolute atomic E-state index is 12.0. The van der Waals surface area contributed by atoms with Gasteiger partial charge in [-0.3, -0.25) is 4.79 Å². The predicted octanol–water partition coefficient (Wildman–Crippen LogP) is 1.25. The van der Waals surface area contributed by atoms with E-state index in [1.54, 1.807) is 0 Å². The van der Waals surface area contributed by atoms with Crippen LogP contribution in [-0.4, -0.2) is 29.9 Å². The van der Waals surface area contributed by atoms with E-state index in [9.17, 15) is 4.79 Å². The van der Waals surface area contributed by atoms with Crippen LogP contribution in [0.5, 0.6) is 0 Å². The maximum atomic E-state index is 12.0. The van der Waals surface area contributed by atoms with Gasteiger partial charge in [0.15, 0.2) is 0 Å². The number of nitrogens with zero attached hydrogens (tertiary/aromatic N) is 1. The van der Waals surface area contributed by atoms with Crippen molar-refractivity contribution < 1.29 is 4.79 Å². The molecule has 0 aliphatic carbocycles. The third-order valence-electron chi connectivity index (χ3n) is 2.93. The lowest BCUT2D eigenvalue weighted by molar-refractivity contribution is 0.0450. The molecular formula is C12H16N2O. The standard InChI is InChI=1S/C12H16N2O/c13-8-6-11-7-9-14(11)12(15)10-4-2-1-3-5-10/h1-5,11H,6-9,13H2. The SMILES string of the molecule is NCCC1CCN1C(=O)c1ccccc1. The summed E-state index contributed by atoms with van der Waals surface area (Å²) in [6.45, 7) is 1.53. The van der Waals surface area contributed by atoms with Crippen LogP contribution in [0.4, 0.5) is 0 Å². The van der Waals surface area contributed by atoms with Gasteiger partial charge < -0.3 is 10.6 Å². The minimum Gasteiger partial charge on any atom is -0.335 e. The first kappa shape index (κ1) is 10.2. The summed E-state index contributed by atoms with van der Waals surface area (Å²) in [4.78, 5) is 13.9. The van der Waals surface area contributed by atoms with E-state index in [1.807, 2.05) is 35.2 Å². The van der Waals surface area contributed by atoms with E-state index < -0.39 is 0 Å². The van der Waals surface area contributed by atoms with Crippen LogP contribution >= 0.6 is 0 Å². The van der Waals surface area contributed by atoms with Crippen molar-refractivity contribution in [3.63, 3.8) is 0 Å². The molecule has 1 atom stereocenters. The average Bonchev–Trinajstić information content (AvgIpc) is 2.25. The van der Waals surface area contributed by atoms with Gasteiger partial charge in [0.1, 0.15) is 0 Å². The summed E-state index contributed by atoms with van der Waals surface area (Å²) >= 11 is 0. The molecule has 0 spiro atoms. The third-order valence-corrected chi connectivity index (χ3v) is 2.93. The van der Waals surface area contributed by atoms with Crippen LogP contribution in [0.3, 0.4) is 0 Å². The second-order valence-electron chi connectivity index (χ2n) is 3.88. The Morgan fingerprint density at radius 3 is 2.67 bits per heavy atom. The molecule has 1 aromatic carbocycles.